The van der Waals surface area contributed by atoms with E-state index in [0.29, 0.717) is 42.1 Å². The van der Waals surface area contributed by atoms with Crippen molar-refractivity contribution in [2.75, 3.05) is 25.5 Å². The van der Waals surface area contributed by atoms with E-state index < -0.39 is 0 Å². The lowest BCUT2D eigenvalue weighted by molar-refractivity contribution is -0.118. The third-order valence-electron chi connectivity index (χ3n) is 4.11. The number of halogens is 1. The second-order valence-electron chi connectivity index (χ2n) is 6.24. The van der Waals surface area contributed by atoms with Crippen molar-refractivity contribution in [1.29, 1.82) is 0 Å². The maximum Gasteiger partial charge on any atom is 0.230 e. The van der Waals surface area contributed by atoms with Gasteiger partial charge in [0.25, 0.3) is 0 Å². The number of rotatable bonds is 10. The Morgan fingerprint density at radius 3 is 2.50 bits per heavy atom. The predicted molar refractivity (Wildman–Crippen MR) is 113 cm³/mol. The molecule has 9 heteroatoms. The number of nitrogens with one attached hydrogen (secondary N) is 1. The molecule has 0 fully saturated rings. The number of aromatic nitrogens is 3. The average Bonchev–Trinajstić information content (AvgIpc) is 3.11. The number of hydrogen-bond acceptors (Lipinski definition) is 6. The van der Waals surface area contributed by atoms with E-state index in [4.69, 9.17) is 9.47 Å². The lowest BCUT2D eigenvalue weighted by Gasteiger charge is -2.09. The number of amides is 1. The van der Waals surface area contributed by atoms with Crippen LogP contribution in [-0.2, 0) is 11.8 Å². The Hall–Kier alpha value is -3.07. The van der Waals surface area contributed by atoms with Crippen LogP contribution in [0.4, 0.5) is 4.39 Å². The zero-order valence-electron chi connectivity index (χ0n) is 16.8. The molecule has 0 radical (unpaired) electrons. The fraction of sp³-hybridized carbons (Fsp3) is 0.286. The number of thioether (sulfide) groups is 1. The van der Waals surface area contributed by atoms with Gasteiger partial charge in [0.2, 0.25) is 5.91 Å². The highest BCUT2D eigenvalue weighted by Gasteiger charge is 2.15. The van der Waals surface area contributed by atoms with Crippen LogP contribution in [-0.4, -0.2) is 46.2 Å². The topological polar surface area (TPSA) is 78.3 Å². The first-order valence-corrected chi connectivity index (χ1v) is 10.5. The van der Waals surface area contributed by atoms with Gasteiger partial charge in [0.15, 0.2) is 11.0 Å². The average molecular weight is 431 g/mol. The Morgan fingerprint density at radius 2 is 1.80 bits per heavy atom. The monoisotopic (exact) mass is 430 g/mol. The molecular formula is C21H23FN4O3S. The predicted octanol–water partition coefficient (Wildman–Crippen LogP) is 3.31. The maximum absolute atomic E-state index is 14.0. The van der Waals surface area contributed by atoms with Gasteiger partial charge in [-0.2, -0.15) is 0 Å². The lowest BCUT2D eigenvalue weighted by Crippen LogP contribution is -2.29. The van der Waals surface area contributed by atoms with Crippen LogP contribution in [0.3, 0.4) is 0 Å². The summed E-state index contributed by atoms with van der Waals surface area (Å²) in [5.74, 6) is 1.58. The SMILES string of the molecule is CCOc1ccc(OCCNC(=O)CSc2nnc(-c3ccccc3F)n2C)cc1. The number of hydrogen-bond donors (Lipinski definition) is 1. The summed E-state index contributed by atoms with van der Waals surface area (Å²) >= 11 is 1.24. The van der Waals surface area contributed by atoms with Crippen molar-refractivity contribution in [3.05, 3.63) is 54.3 Å². The molecule has 0 unspecified atom stereocenters. The summed E-state index contributed by atoms with van der Waals surface area (Å²) in [6, 6.07) is 13.7. The second kappa shape index (κ2) is 10.6. The Bertz CT molecular complexity index is 979. The van der Waals surface area contributed by atoms with Gasteiger partial charge in [0.1, 0.15) is 23.9 Å². The van der Waals surface area contributed by atoms with E-state index in [-0.39, 0.29) is 17.5 Å². The van der Waals surface area contributed by atoms with Gasteiger partial charge in [0, 0.05) is 7.05 Å². The van der Waals surface area contributed by atoms with E-state index in [9.17, 15) is 9.18 Å². The standard InChI is InChI=1S/C21H23FN4O3S/c1-3-28-15-8-10-16(11-9-15)29-13-12-23-19(27)14-30-21-25-24-20(26(21)2)17-6-4-5-7-18(17)22/h4-11H,3,12-14H2,1-2H3,(H,23,27). The van der Waals surface area contributed by atoms with Crippen molar-refractivity contribution < 1.29 is 18.7 Å². The van der Waals surface area contributed by atoms with Crippen LogP contribution < -0.4 is 14.8 Å². The van der Waals surface area contributed by atoms with Gasteiger partial charge < -0.3 is 19.4 Å². The van der Waals surface area contributed by atoms with Crippen LogP contribution in [0.1, 0.15) is 6.92 Å². The molecule has 0 aliphatic heterocycles. The molecule has 30 heavy (non-hydrogen) atoms. The normalized spacial score (nSPS) is 10.6. The fourth-order valence-corrected chi connectivity index (χ4v) is 3.40. The fourth-order valence-electron chi connectivity index (χ4n) is 2.66. The molecular weight excluding hydrogens is 407 g/mol. The van der Waals surface area contributed by atoms with Crippen molar-refractivity contribution in [3.8, 4) is 22.9 Å². The molecule has 0 spiro atoms. The molecule has 7 nitrogen and oxygen atoms in total. The van der Waals surface area contributed by atoms with Gasteiger partial charge in [-0.15, -0.1) is 10.2 Å². The van der Waals surface area contributed by atoms with Gasteiger partial charge in [-0.1, -0.05) is 23.9 Å². The number of carbonyl (C=O) groups is 1. The summed E-state index contributed by atoms with van der Waals surface area (Å²) in [4.78, 5) is 12.1. The third-order valence-corrected chi connectivity index (χ3v) is 5.13. The molecule has 0 aliphatic rings. The van der Waals surface area contributed by atoms with Crippen molar-refractivity contribution in [2.24, 2.45) is 7.05 Å². The van der Waals surface area contributed by atoms with Crippen LogP contribution in [0.15, 0.2) is 53.7 Å². The van der Waals surface area contributed by atoms with E-state index in [1.54, 1.807) is 29.8 Å². The second-order valence-corrected chi connectivity index (χ2v) is 7.18. The molecule has 0 bridgehead atoms. The van der Waals surface area contributed by atoms with Crippen LogP contribution in [0, 0.1) is 5.82 Å². The lowest BCUT2D eigenvalue weighted by atomic mass is 10.2. The molecule has 1 N–H and O–H groups in total. The number of carbonyl (C=O) groups excluding carboxylic acids is 1. The molecule has 1 heterocycles. The number of ether oxygens (including phenoxy) is 2. The molecule has 3 rings (SSSR count). The molecule has 0 atom stereocenters. The van der Waals surface area contributed by atoms with Gasteiger partial charge in [0.05, 0.1) is 24.5 Å². The summed E-state index contributed by atoms with van der Waals surface area (Å²) in [5.41, 5.74) is 0.371. The first-order chi connectivity index (χ1) is 14.6. The van der Waals surface area contributed by atoms with Crippen LogP contribution >= 0.6 is 11.8 Å². The summed E-state index contributed by atoms with van der Waals surface area (Å²) in [5, 5.41) is 11.4. The molecule has 0 saturated carbocycles. The molecule has 0 aliphatic carbocycles. The maximum atomic E-state index is 14.0. The quantitative estimate of drug-likeness (QED) is 0.393. The number of benzene rings is 2. The van der Waals surface area contributed by atoms with Gasteiger partial charge >= 0.3 is 0 Å². The van der Waals surface area contributed by atoms with Crippen LogP contribution in [0.5, 0.6) is 11.5 Å². The minimum Gasteiger partial charge on any atom is -0.494 e. The molecule has 158 valence electrons. The van der Waals surface area contributed by atoms with Gasteiger partial charge in [-0.3, -0.25) is 4.79 Å². The Balaban J connectivity index is 1.41. The van der Waals surface area contributed by atoms with Crippen molar-refractivity contribution >= 4 is 17.7 Å². The Morgan fingerprint density at radius 1 is 1.10 bits per heavy atom. The van der Waals surface area contributed by atoms with Crippen LogP contribution in [0.2, 0.25) is 0 Å². The summed E-state index contributed by atoms with van der Waals surface area (Å²) < 4.78 is 26.6. The smallest absolute Gasteiger partial charge is 0.230 e. The van der Waals surface area contributed by atoms with Crippen molar-refractivity contribution in [3.63, 3.8) is 0 Å². The van der Waals surface area contributed by atoms with E-state index in [2.05, 4.69) is 15.5 Å². The van der Waals surface area contributed by atoms with Crippen LogP contribution in [0.25, 0.3) is 11.4 Å². The molecule has 3 aromatic rings. The molecule has 1 aromatic heterocycles. The Labute approximate surface area is 178 Å². The molecule has 0 saturated heterocycles. The number of nitrogens with zero attached hydrogens (tertiary/aromatic N) is 3. The highest BCUT2D eigenvalue weighted by Crippen LogP contribution is 2.24. The molecule has 1 amide bonds. The highest BCUT2D eigenvalue weighted by molar-refractivity contribution is 7.99. The minimum absolute atomic E-state index is 0.147. The zero-order valence-corrected chi connectivity index (χ0v) is 17.6. The van der Waals surface area contributed by atoms with Gasteiger partial charge in [-0.05, 0) is 43.3 Å². The van der Waals surface area contributed by atoms with E-state index in [1.165, 1.54) is 17.8 Å². The Kier molecular flexibility index (Phi) is 7.67. The molecule has 2 aromatic carbocycles. The van der Waals surface area contributed by atoms with E-state index >= 15 is 0 Å². The van der Waals surface area contributed by atoms with Gasteiger partial charge in [-0.25, -0.2) is 4.39 Å². The summed E-state index contributed by atoms with van der Waals surface area (Å²) in [7, 11) is 1.74. The summed E-state index contributed by atoms with van der Waals surface area (Å²) in [6.45, 7) is 3.28. The zero-order chi connectivity index (χ0) is 21.3. The summed E-state index contributed by atoms with van der Waals surface area (Å²) in [6.07, 6.45) is 0. The van der Waals surface area contributed by atoms with Crippen molar-refractivity contribution in [2.45, 2.75) is 12.1 Å². The van der Waals surface area contributed by atoms with E-state index in [0.717, 1.165) is 5.75 Å². The largest absolute Gasteiger partial charge is 0.494 e. The first-order valence-electron chi connectivity index (χ1n) is 9.48. The first kappa shape index (κ1) is 21.6. The minimum atomic E-state index is -0.366. The van der Waals surface area contributed by atoms with Crippen molar-refractivity contribution in [1.82, 2.24) is 20.1 Å². The van der Waals surface area contributed by atoms with E-state index in [1.807, 2.05) is 31.2 Å². The highest BCUT2D eigenvalue weighted by atomic mass is 32.2. The third kappa shape index (κ3) is 5.73.